The summed E-state index contributed by atoms with van der Waals surface area (Å²) in [6.07, 6.45) is 8.63. The summed E-state index contributed by atoms with van der Waals surface area (Å²) >= 11 is 0. The Morgan fingerprint density at radius 3 is 2.70 bits per heavy atom. The number of ether oxygens (including phenoxy) is 2. The summed E-state index contributed by atoms with van der Waals surface area (Å²) in [4.78, 5) is 0. The van der Waals surface area contributed by atoms with Crippen LogP contribution < -0.4 is 0 Å². The Bertz CT molecular complexity index is 455. The highest BCUT2D eigenvalue weighted by molar-refractivity contribution is 6.74. The lowest BCUT2D eigenvalue weighted by Gasteiger charge is -2.33. The normalized spacial score (nSPS) is 39.1. The maximum absolute atomic E-state index is 5.89. The molecule has 2 bridgehead atoms. The molecule has 0 saturated carbocycles. The molecule has 0 aromatic carbocycles. The van der Waals surface area contributed by atoms with Crippen LogP contribution in [0.1, 0.15) is 33.6 Å². The number of fused-ring (bicyclic) bond motifs is 3. The van der Waals surface area contributed by atoms with Gasteiger partial charge in [0.25, 0.3) is 8.32 Å². The Hall–Kier alpha value is -0.653. The molecule has 3 aliphatic rings. The van der Waals surface area contributed by atoms with E-state index in [9.17, 15) is 0 Å². The van der Waals surface area contributed by atoms with Gasteiger partial charge in [-0.25, -0.2) is 0 Å². The molecule has 3 rings (SSSR count). The van der Waals surface area contributed by atoms with Crippen molar-refractivity contribution in [3.63, 3.8) is 0 Å². The zero-order valence-electron chi connectivity index (χ0n) is 13.1. The van der Waals surface area contributed by atoms with E-state index in [1.54, 1.807) is 0 Å². The molecular weight excluding hydrogens is 270 g/mol. The molecule has 0 aromatic rings. The minimum absolute atomic E-state index is 0.0532. The second-order valence-corrected chi connectivity index (χ2v) is 12.3. The van der Waals surface area contributed by atoms with Crippen molar-refractivity contribution in [3.05, 3.63) is 12.2 Å². The number of nitrogens with zero attached hydrogens (tertiary/aromatic N) is 1. The van der Waals surface area contributed by atoms with Crippen LogP contribution in [0, 0.1) is 0 Å². The van der Waals surface area contributed by atoms with Crippen molar-refractivity contribution >= 4 is 14.5 Å². The van der Waals surface area contributed by atoms with Crippen LogP contribution in [0.25, 0.3) is 0 Å². The smallest absolute Gasteiger partial charge is 0.286 e. The summed E-state index contributed by atoms with van der Waals surface area (Å²) in [6, 6.07) is 0. The van der Waals surface area contributed by atoms with Gasteiger partial charge in [-0.1, -0.05) is 32.9 Å². The lowest BCUT2D eigenvalue weighted by atomic mass is 9.90. The molecule has 5 heteroatoms. The molecule has 0 N–H and O–H groups in total. The fourth-order valence-corrected chi connectivity index (χ4v) is 3.29. The lowest BCUT2D eigenvalue weighted by molar-refractivity contribution is 0.0985. The van der Waals surface area contributed by atoms with Gasteiger partial charge in [0.15, 0.2) is 0 Å². The van der Waals surface area contributed by atoms with Crippen molar-refractivity contribution in [2.45, 2.75) is 75.7 Å². The summed E-state index contributed by atoms with van der Waals surface area (Å²) < 4.78 is 17.5. The first kappa shape index (κ1) is 14.3. The zero-order valence-corrected chi connectivity index (χ0v) is 14.1. The van der Waals surface area contributed by atoms with E-state index in [1.807, 2.05) is 6.21 Å². The summed E-state index contributed by atoms with van der Waals surface area (Å²) in [7, 11) is -1.78. The maximum atomic E-state index is 5.89. The van der Waals surface area contributed by atoms with E-state index >= 15 is 0 Å². The molecule has 20 heavy (non-hydrogen) atoms. The van der Waals surface area contributed by atoms with Crippen molar-refractivity contribution in [1.29, 1.82) is 0 Å². The number of hydrogen-bond acceptors (Lipinski definition) is 4. The maximum Gasteiger partial charge on any atom is 0.286 e. The molecule has 4 atom stereocenters. The molecule has 0 amide bonds. The summed E-state index contributed by atoms with van der Waals surface area (Å²) in [6.45, 7) is 11.0. The predicted octanol–water partition coefficient (Wildman–Crippen LogP) is 3.25. The fourth-order valence-electron chi connectivity index (χ4n) is 2.68. The van der Waals surface area contributed by atoms with E-state index < -0.39 is 8.32 Å². The minimum Gasteiger partial charge on any atom is -0.455 e. The van der Waals surface area contributed by atoms with Gasteiger partial charge in [-0.3, -0.25) is 0 Å². The average Bonchev–Trinajstić information content (AvgIpc) is 2.72. The number of epoxide rings is 1. The van der Waals surface area contributed by atoms with Gasteiger partial charge in [-0.15, -0.1) is 5.16 Å². The van der Waals surface area contributed by atoms with Crippen LogP contribution in [0.4, 0.5) is 0 Å². The van der Waals surface area contributed by atoms with Gasteiger partial charge in [-0.2, -0.15) is 0 Å². The van der Waals surface area contributed by atoms with E-state index in [1.165, 1.54) is 0 Å². The highest BCUT2D eigenvalue weighted by atomic mass is 28.4. The summed E-state index contributed by atoms with van der Waals surface area (Å²) in [5.41, 5.74) is -0.0532. The first-order valence-electron chi connectivity index (χ1n) is 7.46. The van der Waals surface area contributed by atoms with Crippen molar-refractivity contribution in [3.8, 4) is 0 Å². The number of oxime groups is 1. The molecule has 0 aliphatic carbocycles. The lowest BCUT2D eigenvalue weighted by Crippen LogP contribution is -2.39. The predicted molar refractivity (Wildman–Crippen MR) is 81.4 cm³/mol. The third-order valence-electron chi connectivity index (χ3n) is 5.15. The molecule has 2 fully saturated rings. The van der Waals surface area contributed by atoms with Gasteiger partial charge >= 0.3 is 0 Å². The largest absolute Gasteiger partial charge is 0.455 e. The van der Waals surface area contributed by atoms with Crippen LogP contribution in [-0.2, 0) is 14.0 Å². The Morgan fingerprint density at radius 2 is 2.15 bits per heavy atom. The van der Waals surface area contributed by atoms with Crippen LogP contribution in [0.15, 0.2) is 17.3 Å². The van der Waals surface area contributed by atoms with E-state index in [2.05, 4.69) is 51.2 Å². The molecule has 112 valence electrons. The van der Waals surface area contributed by atoms with Crippen molar-refractivity contribution in [2.75, 3.05) is 0 Å². The molecule has 2 saturated heterocycles. The van der Waals surface area contributed by atoms with Crippen molar-refractivity contribution in [1.82, 2.24) is 0 Å². The van der Waals surface area contributed by atoms with Gasteiger partial charge in [0.05, 0.1) is 12.2 Å². The molecule has 1 spiro atoms. The highest BCUT2D eigenvalue weighted by Gasteiger charge is 2.66. The van der Waals surface area contributed by atoms with Crippen molar-refractivity contribution < 1.29 is 14.0 Å². The Balaban J connectivity index is 1.48. The second kappa shape index (κ2) is 4.42. The molecular formula is C15H25NO3Si. The topological polar surface area (TPSA) is 43.3 Å². The van der Waals surface area contributed by atoms with Gasteiger partial charge in [0.1, 0.15) is 11.7 Å². The first-order valence-corrected chi connectivity index (χ1v) is 10.4. The average molecular weight is 295 g/mol. The zero-order chi connectivity index (χ0) is 14.6. The molecule has 0 radical (unpaired) electrons. The molecule has 4 nitrogen and oxygen atoms in total. The number of hydrogen-bond donors (Lipinski definition) is 0. The fraction of sp³-hybridized carbons (Fsp3) is 0.800. The van der Waals surface area contributed by atoms with E-state index in [0.29, 0.717) is 0 Å². The third kappa shape index (κ3) is 2.25. The van der Waals surface area contributed by atoms with Crippen LogP contribution in [0.5, 0.6) is 0 Å². The standard InChI is InChI=1S/C15H25NO3Si/c1-14(2,3)20(4,5)19-16-9-8-13-15(18-13)10-11-6-7-12(15)17-11/h6-7,9,11-13H,8,10H2,1-5H3/t11-,12+,13-,15-/m0/s1. The second-order valence-electron chi connectivity index (χ2n) is 7.62. The van der Waals surface area contributed by atoms with Crippen LogP contribution >= 0.6 is 0 Å². The first-order chi connectivity index (χ1) is 9.25. The minimum atomic E-state index is -1.78. The Kier molecular flexibility index (Phi) is 3.16. The Labute approximate surface area is 122 Å². The van der Waals surface area contributed by atoms with Gasteiger partial charge in [-0.05, 0) is 18.1 Å². The van der Waals surface area contributed by atoms with E-state index in [4.69, 9.17) is 14.0 Å². The van der Waals surface area contributed by atoms with E-state index in [0.717, 1.165) is 12.8 Å². The Morgan fingerprint density at radius 1 is 1.40 bits per heavy atom. The number of rotatable bonds is 4. The highest BCUT2D eigenvalue weighted by Crippen LogP contribution is 2.54. The van der Waals surface area contributed by atoms with Crippen LogP contribution in [-0.4, -0.2) is 38.4 Å². The van der Waals surface area contributed by atoms with Gasteiger partial charge < -0.3 is 14.0 Å². The van der Waals surface area contributed by atoms with Gasteiger partial charge in [0.2, 0.25) is 0 Å². The van der Waals surface area contributed by atoms with Gasteiger partial charge in [0, 0.05) is 19.1 Å². The summed E-state index contributed by atoms with van der Waals surface area (Å²) in [5.74, 6) is 0. The molecule has 0 aromatic heterocycles. The third-order valence-corrected chi connectivity index (χ3v) is 9.33. The van der Waals surface area contributed by atoms with Crippen LogP contribution in [0.3, 0.4) is 0 Å². The summed E-state index contributed by atoms with van der Waals surface area (Å²) in [5, 5.41) is 4.39. The monoisotopic (exact) mass is 295 g/mol. The van der Waals surface area contributed by atoms with Crippen LogP contribution in [0.2, 0.25) is 18.1 Å². The molecule has 3 aliphatic heterocycles. The quantitative estimate of drug-likeness (QED) is 0.263. The molecule has 0 unspecified atom stereocenters. The SMILES string of the molecule is CC(C)(C)[Si](C)(C)ON=CC[C@@H]1O[C@]12C[C@@H]1C=C[C@H]2O1. The van der Waals surface area contributed by atoms with Crippen molar-refractivity contribution in [2.24, 2.45) is 5.16 Å². The van der Waals surface area contributed by atoms with E-state index in [-0.39, 0.29) is 29.0 Å². The molecule has 3 heterocycles.